The maximum absolute atomic E-state index is 12.9. The van der Waals surface area contributed by atoms with E-state index in [1.807, 2.05) is 6.07 Å². The lowest BCUT2D eigenvalue weighted by Gasteiger charge is -2.38. The van der Waals surface area contributed by atoms with Crippen molar-refractivity contribution in [3.8, 4) is 0 Å². The third kappa shape index (κ3) is 2.91. The Morgan fingerprint density at radius 3 is 2.54 bits per heavy atom. The van der Waals surface area contributed by atoms with Gasteiger partial charge in [0.1, 0.15) is 6.04 Å². The number of carboxylic acid groups (broad SMARTS) is 1. The average Bonchev–Trinajstić information content (AvgIpc) is 3.01. The Bertz CT molecular complexity index is 790. The molecule has 1 aliphatic heterocycles. The van der Waals surface area contributed by atoms with Crippen LogP contribution in [0.15, 0.2) is 23.1 Å². The number of hydrogen-bond donors (Lipinski definition) is 1. The molecule has 8 heteroatoms. The van der Waals surface area contributed by atoms with Crippen LogP contribution in [0.1, 0.15) is 24.5 Å². The number of amides is 1. The van der Waals surface area contributed by atoms with Crippen LogP contribution in [-0.2, 0) is 32.5 Å². The summed E-state index contributed by atoms with van der Waals surface area (Å²) in [5.41, 5.74) is 2.18. The molecule has 0 radical (unpaired) electrons. The van der Waals surface area contributed by atoms with Crippen LogP contribution in [0.5, 0.6) is 0 Å². The van der Waals surface area contributed by atoms with E-state index in [4.69, 9.17) is 0 Å². The quantitative estimate of drug-likeness (QED) is 0.854. The van der Waals surface area contributed by atoms with E-state index in [1.54, 1.807) is 12.1 Å². The summed E-state index contributed by atoms with van der Waals surface area (Å²) >= 11 is 0. The Morgan fingerprint density at radius 2 is 1.88 bits per heavy atom. The number of aliphatic carboxylic acids is 1. The van der Waals surface area contributed by atoms with Gasteiger partial charge in [0.15, 0.2) is 0 Å². The predicted octanol–water partition coefficient (Wildman–Crippen LogP) is 0.481. The van der Waals surface area contributed by atoms with Gasteiger partial charge >= 0.3 is 5.97 Å². The second kappa shape index (κ2) is 6.18. The number of benzene rings is 1. The third-order valence-corrected chi connectivity index (χ3v) is 6.64. The van der Waals surface area contributed by atoms with Crippen molar-refractivity contribution in [3.05, 3.63) is 29.3 Å². The molecule has 3 rings (SSSR count). The molecule has 1 aromatic carbocycles. The third-order valence-electron chi connectivity index (χ3n) is 4.74. The van der Waals surface area contributed by atoms with Crippen LogP contribution in [0.2, 0.25) is 0 Å². The molecule has 1 N–H and O–H groups in total. The number of sulfonamides is 1. The van der Waals surface area contributed by atoms with Crippen molar-refractivity contribution in [2.45, 2.75) is 37.1 Å². The molecule has 1 atom stereocenters. The molecule has 2 aliphatic rings. The average molecular weight is 352 g/mol. The lowest BCUT2D eigenvalue weighted by atomic mass is 10.1. The zero-order chi connectivity index (χ0) is 17.5. The van der Waals surface area contributed by atoms with E-state index in [2.05, 4.69) is 0 Å². The molecule has 1 heterocycles. The van der Waals surface area contributed by atoms with Crippen LogP contribution in [0.3, 0.4) is 0 Å². The molecule has 0 saturated carbocycles. The van der Waals surface area contributed by atoms with Gasteiger partial charge < -0.3 is 10.0 Å². The smallest absolute Gasteiger partial charge is 0.323 e. The first-order valence-electron chi connectivity index (χ1n) is 7.92. The van der Waals surface area contributed by atoms with Gasteiger partial charge in [-0.1, -0.05) is 6.07 Å². The largest absolute Gasteiger partial charge is 0.480 e. The summed E-state index contributed by atoms with van der Waals surface area (Å²) in [7, 11) is -3.91. The Kier molecular flexibility index (Phi) is 4.35. The zero-order valence-electron chi connectivity index (χ0n) is 13.4. The molecule has 1 aromatic rings. The highest BCUT2D eigenvalue weighted by atomic mass is 32.2. The standard InChI is InChI=1S/C16H20N2O5S/c1-11(19)17-7-8-18(15(10-17)16(20)21)24(22,23)14-6-5-12-3-2-4-13(12)9-14/h5-6,9,15H,2-4,7-8,10H2,1H3,(H,20,21)/t15-/m1/s1. The fourth-order valence-electron chi connectivity index (χ4n) is 3.39. The first-order valence-corrected chi connectivity index (χ1v) is 9.36. The van der Waals surface area contributed by atoms with Gasteiger partial charge in [-0.05, 0) is 42.5 Å². The summed E-state index contributed by atoms with van der Waals surface area (Å²) in [6.07, 6.45) is 2.80. The number of carboxylic acids is 1. The highest BCUT2D eigenvalue weighted by molar-refractivity contribution is 7.89. The van der Waals surface area contributed by atoms with E-state index < -0.39 is 22.0 Å². The van der Waals surface area contributed by atoms with E-state index >= 15 is 0 Å². The molecule has 0 unspecified atom stereocenters. The first kappa shape index (κ1) is 16.9. The molecule has 130 valence electrons. The molecule has 0 spiro atoms. The SMILES string of the molecule is CC(=O)N1CCN(S(=O)(=O)c2ccc3c(c2)CCC3)[C@@H](C(=O)O)C1. The highest BCUT2D eigenvalue weighted by Crippen LogP contribution is 2.28. The second-order valence-corrected chi connectivity index (χ2v) is 8.11. The summed E-state index contributed by atoms with van der Waals surface area (Å²) in [6, 6.07) is 3.77. The van der Waals surface area contributed by atoms with Gasteiger partial charge in [-0.25, -0.2) is 8.42 Å². The van der Waals surface area contributed by atoms with Crippen LogP contribution in [0.4, 0.5) is 0 Å². The van der Waals surface area contributed by atoms with Crippen LogP contribution < -0.4 is 0 Å². The van der Waals surface area contributed by atoms with Gasteiger partial charge in [-0.2, -0.15) is 4.31 Å². The van der Waals surface area contributed by atoms with E-state index in [0.717, 1.165) is 34.7 Å². The monoisotopic (exact) mass is 352 g/mol. The van der Waals surface area contributed by atoms with E-state index in [9.17, 15) is 23.1 Å². The minimum absolute atomic E-state index is 0.0179. The molecule has 1 fully saturated rings. The van der Waals surface area contributed by atoms with Gasteiger partial charge in [-0.3, -0.25) is 9.59 Å². The first-order chi connectivity index (χ1) is 11.3. The van der Waals surface area contributed by atoms with Gasteiger partial charge in [-0.15, -0.1) is 0 Å². The molecular formula is C16H20N2O5S. The summed E-state index contributed by atoms with van der Waals surface area (Å²) in [6.45, 7) is 1.40. The number of carbonyl (C=O) groups excluding carboxylic acids is 1. The molecule has 7 nitrogen and oxygen atoms in total. The zero-order valence-corrected chi connectivity index (χ0v) is 14.3. The Morgan fingerprint density at radius 1 is 1.17 bits per heavy atom. The van der Waals surface area contributed by atoms with Gasteiger partial charge in [0, 0.05) is 26.6 Å². The molecule has 1 amide bonds. The Hall–Kier alpha value is -1.93. The van der Waals surface area contributed by atoms with E-state index in [0.29, 0.717) is 0 Å². The van der Waals surface area contributed by atoms with Gasteiger partial charge in [0.05, 0.1) is 4.90 Å². The molecular weight excluding hydrogens is 332 g/mol. The van der Waals surface area contributed by atoms with E-state index in [-0.39, 0.29) is 30.4 Å². The minimum atomic E-state index is -3.91. The van der Waals surface area contributed by atoms with Crippen molar-refractivity contribution >= 4 is 21.9 Å². The molecule has 1 saturated heterocycles. The fraction of sp³-hybridized carbons (Fsp3) is 0.500. The van der Waals surface area contributed by atoms with E-state index in [1.165, 1.54) is 11.8 Å². The molecule has 0 bridgehead atoms. The normalized spacial score (nSPS) is 21.5. The number of fused-ring (bicyclic) bond motifs is 1. The van der Waals surface area contributed by atoms with Crippen molar-refractivity contribution in [1.82, 2.24) is 9.21 Å². The summed E-state index contributed by atoms with van der Waals surface area (Å²) in [5, 5.41) is 9.43. The maximum Gasteiger partial charge on any atom is 0.323 e. The number of piperazine rings is 1. The second-order valence-electron chi connectivity index (χ2n) is 6.22. The van der Waals surface area contributed by atoms with Crippen molar-refractivity contribution in [1.29, 1.82) is 0 Å². The maximum atomic E-state index is 12.9. The van der Waals surface area contributed by atoms with Crippen LogP contribution in [0.25, 0.3) is 0 Å². The van der Waals surface area contributed by atoms with Crippen LogP contribution in [0, 0.1) is 0 Å². The van der Waals surface area contributed by atoms with Gasteiger partial charge in [0.2, 0.25) is 15.9 Å². The van der Waals surface area contributed by atoms with Crippen molar-refractivity contribution in [2.75, 3.05) is 19.6 Å². The fourth-order valence-corrected chi connectivity index (χ4v) is 5.00. The summed E-state index contributed by atoms with van der Waals surface area (Å²) in [4.78, 5) is 24.5. The number of carbonyl (C=O) groups is 2. The molecule has 24 heavy (non-hydrogen) atoms. The summed E-state index contributed by atoms with van der Waals surface area (Å²) < 4.78 is 26.9. The van der Waals surface area contributed by atoms with Gasteiger partial charge in [0.25, 0.3) is 0 Å². The molecule has 1 aliphatic carbocycles. The lowest BCUT2D eigenvalue weighted by Crippen LogP contribution is -2.58. The number of nitrogens with zero attached hydrogens (tertiary/aromatic N) is 2. The predicted molar refractivity (Wildman–Crippen MR) is 86.0 cm³/mol. The topological polar surface area (TPSA) is 95.0 Å². The highest BCUT2D eigenvalue weighted by Gasteiger charge is 2.41. The van der Waals surface area contributed by atoms with Crippen molar-refractivity contribution in [3.63, 3.8) is 0 Å². The number of aryl methyl sites for hydroxylation is 2. The van der Waals surface area contributed by atoms with Crippen LogP contribution >= 0.6 is 0 Å². The van der Waals surface area contributed by atoms with Crippen LogP contribution in [-0.4, -0.2) is 60.3 Å². The minimum Gasteiger partial charge on any atom is -0.480 e. The lowest BCUT2D eigenvalue weighted by molar-refractivity contribution is -0.145. The number of hydrogen-bond acceptors (Lipinski definition) is 4. The molecule has 0 aromatic heterocycles. The Balaban J connectivity index is 1.93. The van der Waals surface area contributed by atoms with Crippen molar-refractivity contribution < 1.29 is 23.1 Å². The van der Waals surface area contributed by atoms with Crippen molar-refractivity contribution in [2.24, 2.45) is 0 Å². The number of rotatable bonds is 3. The Labute approximate surface area is 140 Å². The summed E-state index contributed by atoms with van der Waals surface area (Å²) in [5.74, 6) is -1.50.